The Morgan fingerprint density at radius 3 is 2.78 bits per heavy atom. The zero-order chi connectivity index (χ0) is 6.85. The fourth-order valence-corrected chi connectivity index (χ4v) is 0.661. The standard InChI is InChI=1S/C5H5NO2S/c7-5-4(9)2-1-3-6(5)8/h1-3,8-9H. The molecule has 0 aliphatic rings. The summed E-state index contributed by atoms with van der Waals surface area (Å²) < 4.78 is 0.488. The van der Waals surface area contributed by atoms with Crippen molar-refractivity contribution in [1.82, 2.24) is 4.73 Å². The molecule has 1 aromatic rings. The van der Waals surface area contributed by atoms with Gasteiger partial charge in [0.15, 0.2) is 0 Å². The maximum Gasteiger partial charge on any atom is 0.296 e. The minimum Gasteiger partial charge on any atom is -0.425 e. The number of aromatic nitrogens is 1. The Morgan fingerprint density at radius 2 is 2.33 bits per heavy atom. The summed E-state index contributed by atoms with van der Waals surface area (Å²) in [5.41, 5.74) is -0.499. The summed E-state index contributed by atoms with van der Waals surface area (Å²) in [7, 11) is 0. The van der Waals surface area contributed by atoms with Crippen molar-refractivity contribution in [1.29, 1.82) is 0 Å². The molecular weight excluding hydrogens is 138 g/mol. The van der Waals surface area contributed by atoms with Gasteiger partial charge >= 0.3 is 0 Å². The fraction of sp³-hybridized carbons (Fsp3) is 0. The van der Waals surface area contributed by atoms with E-state index in [2.05, 4.69) is 12.6 Å². The smallest absolute Gasteiger partial charge is 0.296 e. The topological polar surface area (TPSA) is 42.2 Å². The van der Waals surface area contributed by atoms with Gasteiger partial charge < -0.3 is 5.21 Å². The second-order valence-electron chi connectivity index (χ2n) is 1.54. The van der Waals surface area contributed by atoms with E-state index in [1.54, 1.807) is 0 Å². The molecule has 4 heteroatoms. The van der Waals surface area contributed by atoms with Gasteiger partial charge in [0.25, 0.3) is 5.56 Å². The number of nitrogens with zero attached hydrogens (tertiary/aromatic N) is 1. The van der Waals surface area contributed by atoms with Crippen LogP contribution >= 0.6 is 12.6 Å². The Kier molecular flexibility index (Phi) is 1.48. The molecule has 0 unspecified atom stereocenters. The SMILES string of the molecule is O=c1c(S)cccn1O. The van der Waals surface area contributed by atoms with Crippen LogP contribution in [0.15, 0.2) is 28.0 Å². The minimum absolute atomic E-state index is 0.236. The van der Waals surface area contributed by atoms with E-state index in [1.165, 1.54) is 18.3 Å². The molecule has 0 aromatic carbocycles. The monoisotopic (exact) mass is 143 g/mol. The molecule has 1 rings (SSSR count). The molecule has 0 amide bonds. The van der Waals surface area contributed by atoms with Gasteiger partial charge in [-0.1, -0.05) is 0 Å². The highest BCUT2D eigenvalue weighted by Crippen LogP contribution is 1.93. The quantitative estimate of drug-likeness (QED) is 0.407. The minimum atomic E-state index is -0.499. The molecule has 0 aliphatic heterocycles. The summed E-state index contributed by atoms with van der Waals surface area (Å²) in [6, 6.07) is 3.04. The van der Waals surface area contributed by atoms with Crippen LogP contribution in [0.25, 0.3) is 0 Å². The van der Waals surface area contributed by atoms with E-state index in [9.17, 15) is 4.79 Å². The Labute approximate surface area is 56.9 Å². The van der Waals surface area contributed by atoms with E-state index in [4.69, 9.17) is 5.21 Å². The molecule has 1 N–H and O–H groups in total. The van der Waals surface area contributed by atoms with Crippen LogP contribution in [0.5, 0.6) is 0 Å². The first-order chi connectivity index (χ1) is 4.22. The highest BCUT2D eigenvalue weighted by atomic mass is 32.1. The van der Waals surface area contributed by atoms with E-state index in [0.717, 1.165) is 0 Å². The van der Waals surface area contributed by atoms with Gasteiger partial charge in [-0.15, -0.1) is 12.6 Å². The number of hydrogen-bond acceptors (Lipinski definition) is 3. The zero-order valence-corrected chi connectivity index (χ0v) is 5.38. The third-order valence-electron chi connectivity index (χ3n) is 0.909. The lowest BCUT2D eigenvalue weighted by molar-refractivity contribution is 0.172. The van der Waals surface area contributed by atoms with Crippen LogP contribution in [0.3, 0.4) is 0 Å². The molecule has 0 atom stereocenters. The van der Waals surface area contributed by atoms with Gasteiger partial charge in [0, 0.05) is 6.20 Å². The molecule has 1 heterocycles. The Morgan fingerprint density at radius 1 is 1.67 bits per heavy atom. The molecule has 48 valence electrons. The van der Waals surface area contributed by atoms with E-state index < -0.39 is 5.56 Å². The van der Waals surface area contributed by atoms with Gasteiger partial charge in [0.2, 0.25) is 0 Å². The maximum absolute atomic E-state index is 10.6. The summed E-state index contributed by atoms with van der Waals surface area (Å²) in [5.74, 6) is 0. The van der Waals surface area contributed by atoms with Crippen molar-refractivity contribution in [2.75, 3.05) is 0 Å². The summed E-state index contributed by atoms with van der Waals surface area (Å²) in [4.78, 5) is 10.8. The van der Waals surface area contributed by atoms with E-state index in [-0.39, 0.29) is 4.90 Å². The number of pyridine rings is 1. The van der Waals surface area contributed by atoms with E-state index in [0.29, 0.717) is 4.73 Å². The maximum atomic E-state index is 10.6. The molecule has 0 saturated heterocycles. The van der Waals surface area contributed by atoms with Crippen LogP contribution in [-0.2, 0) is 0 Å². The van der Waals surface area contributed by atoms with Gasteiger partial charge in [-0.3, -0.25) is 4.79 Å². The second-order valence-corrected chi connectivity index (χ2v) is 2.02. The van der Waals surface area contributed by atoms with Gasteiger partial charge in [0.1, 0.15) is 0 Å². The molecule has 0 spiro atoms. The molecule has 0 bridgehead atoms. The van der Waals surface area contributed by atoms with E-state index in [1.807, 2.05) is 0 Å². The van der Waals surface area contributed by atoms with Gasteiger partial charge in [-0.05, 0) is 12.1 Å². The van der Waals surface area contributed by atoms with Crippen molar-refractivity contribution in [3.63, 3.8) is 0 Å². The zero-order valence-electron chi connectivity index (χ0n) is 4.48. The predicted octanol–water partition coefficient (Wildman–Crippen LogP) is 0.374. The average Bonchev–Trinajstić information content (AvgIpc) is 1.83. The molecule has 0 fully saturated rings. The van der Waals surface area contributed by atoms with Crippen molar-refractivity contribution in [3.8, 4) is 0 Å². The number of thiol groups is 1. The fourth-order valence-electron chi connectivity index (χ4n) is 0.472. The van der Waals surface area contributed by atoms with Crippen molar-refractivity contribution in [2.45, 2.75) is 4.90 Å². The van der Waals surface area contributed by atoms with Crippen LogP contribution in [0.4, 0.5) is 0 Å². The number of hydrogen-bond donors (Lipinski definition) is 2. The summed E-state index contributed by atoms with van der Waals surface area (Å²) >= 11 is 3.77. The third-order valence-corrected chi connectivity index (χ3v) is 1.25. The van der Waals surface area contributed by atoms with Crippen LogP contribution in [0, 0.1) is 0 Å². The Balaban J connectivity index is 3.43. The lowest BCUT2D eigenvalue weighted by atomic mass is 10.5. The number of rotatable bonds is 0. The largest absolute Gasteiger partial charge is 0.425 e. The normalized spacial score (nSPS) is 9.44. The van der Waals surface area contributed by atoms with Gasteiger partial charge in [0.05, 0.1) is 4.90 Å². The highest BCUT2D eigenvalue weighted by molar-refractivity contribution is 7.80. The molecule has 1 aromatic heterocycles. The van der Waals surface area contributed by atoms with Crippen LogP contribution in [-0.4, -0.2) is 9.94 Å². The summed E-state index contributed by atoms with van der Waals surface area (Å²) in [5, 5.41) is 8.66. The first kappa shape index (κ1) is 6.22. The molecular formula is C5H5NO2S. The summed E-state index contributed by atoms with van der Waals surface area (Å²) in [6.07, 6.45) is 1.25. The molecule has 3 nitrogen and oxygen atoms in total. The highest BCUT2D eigenvalue weighted by Gasteiger charge is 1.93. The summed E-state index contributed by atoms with van der Waals surface area (Å²) in [6.45, 7) is 0. The first-order valence-corrected chi connectivity index (χ1v) is 2.76. The molecule has 0 aliphatic carbocycles. The lowest BCUT2D eigenvalue weighted by Crippen LogP contribution is -2.16. The Hall–Kier alpha value is -0.900. The predicted molar refractivity (Wildman–Crippen MR) is 35.1 cm³/mol. The molecule has 0 radical (unpaired) electrons. The molecule has 9 heavy (non-hydrogen) atoms. The van der Waals surface area contributed by atoms with E-state index >= 15 is 0 Å². The van der Waals surface area contributed by atoms with Crippen molar-refractivity contribution in [3.05, 3.63) is 28.7 Å². The third kappa shape index (κ3) is 1.08. The van der Waals surface area contributed by atoms with Gasteiger partial charge in [-0.2, -0.15) is 4.73 Å². The van der Waals surface area contributed by atoms with Crippen LogP contribution in [0.1, 0.15) is 0 Å². The molecule has 0 saturated carbocycles. The second kappa shape index (κ2) is 2.14. The Bertz CT molecular complexity index is 245. The lowest BCUT2D eigenvalue weighted by Gasteiger charge is -1.92. The van der Waals surface area contributed by atoms with Crippen molar-refractivity contribution >= 4 is 12.6 Å². The van der Waals surface area contributed by atoms with Gasteiger partial charge in [-0.25, -0.2) is 0 Å². The van der Waals surface area contributed by atoms with Crippen molar-refractivity contribution in [2.24, 2.45) is 0 Å². The van der Waals surface area contributed by atoms with Crippen LogP contribution in [0.2, 0.25) is 0 Å². The van der Waals surface area contributed by atoms with Crippen LogP contribution < -0.4 is 5.56 Å². The first-order valence-electron chi connectivity index (χ1n) is 2.31. The van der Waals surface area contributed by atoms with Crippen molar-refractivity contribution < 1.29 is 5.21 Å². The average molecular weight is 143 g/mol.